The van der Waals surface area contributed by atoms with E-state index in [1.165, 1.54) is 4.31 Å². The molecule has 1 aliphatic heterocycles. The molecule has 1 aromatic rings. The molecule has 1 aromatic carbocycles. The first-order valence-corrected chi connectivity index (χ1v) is 11.6. The highest BCUT2D eigenvalue weighted by Gasteiger charge is 2.29. The van der Waals surface area contributed by atoms with Gasteiger partial charge in [-0.25, -0.2) is 21.6 Å². The lowest BCUT2D eigenvalue weighted by molar-refractivity contribution is 0.0393. The summed E-state index contributed by atoms with van der Waals surface area (Å²) < 4.78 is 57.7. The molecule has 0 spiro atoms. The van der Waals surface area contributed by atoms with Gasteiger partial charge in [0.05, 0.1) is 24.7 Å². The van der Waals surface area contributed by atoms with Crippen molar-refractivity contribution >= 4 is 20.0 Å². The number of ether oxygens (including phenoxy) is 1. The van der Waals surface area contributed by atoms with E-state index in [0.29, 0.717) is 32.6 Å². The monoisotopic (exact) mass is 390 g/mol. The van der Waals surface area contributed by atoms with E-state index in [4.69, 9.17) is 4.74 Å². The van der Waals surface area contributed by atoms with Gasteiger partial charge in [0.2, 0.25) is 20.0 Å². The van der Waals surface area contributed by atoms with Crippen LogP contribution in [-0.4, -0.2) is 65.0 Å². The van der Waals surface area contributed by atoms with E-state index in [1.807, 2.05) is 30.3 Å². The fourth-order valence-electron chi connectivity index (χ4n) is 2.75. The fourth-order valence-corrected chi connectivity index (χ4v) is 5.52. The van der Waals surface area contributed by atoms with Crippen LogP contribution in [0.1, 0.15) is 18.9 Å². The van der Waals surface area contributed by atoms with Crippen LogP contribution in [0.5, 0.6) is 0 Å². The number of sulfonamides is 2. The highest BCUT2D eigenvalue weighted by molar-refractivity contribution is 7.90. The topological polar surface area (TPSA) is 92.8 Å². The van der Waals surface area contributed by atoms with Crippen molar-refractivity contribution in [3.8, 4) is 0 Å². The van der Waals surface area contributed by atoms with E-state index in [2.05, 4.69) is 4.72 Å². The number of aryl methyl sites for hydroxylation is 1. The highest BCUT2D eigenvalue weighted by atomic mass is 32.2. The second kappa shape index (κ2) is 9.09. The van der Waals surface area contributed by atoms with Crippen molar-refractivity contribution in [2.75, 3.05) is 37.8 Å². The summed E-state index contributed by atoms with van der Waals surface area (Å²) in [6.07, 6.45) is 1.16. The van der Waals surface area contributed by atoms with Crippen LogP contribution in [0, 0.1) is 0 Å². The Morgan fingerprint density at radius 1 is 1.16 bits per heavy atom. The van der Waals surface area contributed by atoms with E-state index in [-0.39, 0.29) is 24.1 Å². The van der Waals surface area contributed by atoms with Crippen LogP contribution in [0.25, 0.3) is 0 Å². The molecule has 1 atom stereocenters. The maximum absolute atomic E-state index is 12.3. The summed E-state index contributed by atoms with van der Waals surface area (Å²) in [7, 11) is -6.97. The molecular weight excluding hydrogens is 364 g/mol. The first-order valence-electron chi connectivity index (χ1n) is 8.39. The summed E-state index contributed by atoms with van der Waals surface area (Å²) in [6, 6.07) is 9.43. The minimum Gasteiger partial charge on any atom is -0.378 e. The van der Waals surface area contributed by atoms with Crippen LogP contribution < -0.4 is 4.72 Å². The summed E-state index contributed by atoms with van der Waals surface area (Å²) in [5.41, 5.74) is 1.08. The largest absolute Gasteiger partial charge is 0.378 e. The van der Waals surface area contributed by atoms with Crippen molar-refractivity contribution in [1.29, 1.82) is 0 Å². The summed E-state index contributed by atoms with van der Waals surface area (Å²) in [6.45, 7) is 2.72. The lowest BCUT2D eigenvalue weighted by Gasteiger charge is -2.32. The summed E-state index contributed by atoms with van der Waals surface area (Å²) in [4.78, 5) is 0. The zero-order valence-corrected chi connectivity index (χ0v) is 16.1. The van der Waals surface area contributed by atoms with Gasteiger partial charge in [-0.1, -0.05) is 30.3 Å². The van der Waals surface area contributed by atoms with Gasteiger partial charge in [0, 0.05) is 19.1 Å². The maximum atomic E-state index is 12.3. The molecule has 2 rings (SSSR count). The minimum atomic E-state index is -3.49. The van der Waals surface area contributed by atoms with Crippen LogP contribution >= 0.6 is 0 Å². The molecule has 0 aliphatic carbocycles. The Kier molecular flexibility index (Phi) is 7.38. The molecule has 1 heterocycles. The van der Waals surface area contributed by atoms with Crippen LogP contribution in [0.4, 0.5) is 0 Å². The standard InChI is InChI=1S/C16H26N2O5S2/c1-15-14-23-11-10-18(15)25(21,22)13-9-17-24(19,20)12-5-8-16-6-3-2-4-7-16/h2-4,6-7,15,17H,5,8-14H2,1H3. The first-order chi connectivity index (χ1) is 11.8. The molecule has 0 bridgehead atoms. The van der Waals surface area contributed by atoms with E-state index in [9.17, 15) is 16.8 Å². The van der Waals surface area contributed by atoms with Gasteiger partial charge in [0.1, 0.15) is 0 Å². The smallest absolute Gasteiger partial charge is 0.215 e. The Hall–Kier alpha value is -1.00. The molecule has 0 saturated carbocycles. The van der Waals surface area contributed by atoms with Gasteiger partial charge in [0.15, 0.2) is 0 Å². The molecule has 1 fully saturated rings. The Balaban J connectivity index is 1.75. The normalized spacial score (nSPS) is 19.8. The van der Waals surface area contributed by atoms with Crippen molar-refractivity contribution in [3.05, 3.63) is 35.9 Å². The Labute approximate surface area is 150 Å². The number of morpholine rings is 1. The Bertz CT molecular complexity index is 735. The van der Waals surface area contributed by atoms with Gasteiger partial charge in [-0.3, -0.25) is 0 Å². The van der Waals surface area contributed by atoms with Gasteiger partial charge in [-0.2, -0.15) is 4.31 Å². The molecule has 142 valence electrons. The molecule has 1 N–H and O–H groups in total. The first kappa shape index (κ1) is 20.3. The molecule has 0 radical (unpaired) electrons. The highest BCUT2D eigenvalue weighted by Crippen LogP contribution is 2.12. The predicted molar refractivity (Wildman–Crippen MR) is 97.3 cm³/mol. The van der Waals surface area contributed by atoms with Crippen LogP contribution in [-0.2, 0) is 31.2 Å². The molecule has 25 heavy (non-hydrogen) atoms. The second-order valence-electron chi connectivity index (χ2n) is 6.15. The number of hydrogen-bond donors (Lipinski definition) is 1. The van der Waals surface area contributed by atoms with Gasteiger partial charge in [0.25, 0.3) is 0 Å². The van der Waals surface area contributed by atoms with E-state index < -0.39 is 20.0 Å². The fraction of sp³-hybridized carbons (Fsp3) is 0.625. The molecular formula is C16H26N2O5S2. The number of nitrogens with one attached hydrogen (secondary N) is 1. The third-order valence-corrected chi connectivity index (χ3v) is 7.51. The summed E-state index contributed by atoms with van der Waals surface area (Å²) >= 11 is 0. The maximum Gasteiger partial charge on any atom is 0.215 e. The van der Waals surface area contributed by atoms with E-state index >= 15 is 0 Å². The van der Waals surface area contributed by atoms with Gasteiger partial charge >= 0.3 is 0 Å². The minimum absolute atomic E-state index is 0.0180. The van der Waals surface area contributed by atoms with E-state index in [1.54, 1.807) is 6.92 Å². The van der Waals surface area contributed by atoms with Crippen molar-refractivity contribution in [2.24, 2.45) is 0 Å². The number of rotatable bonds is 9. The third kappa shape index (κ3) is 6.67. The second-order valence-corrected chi connectivity index (χ2v) is 10.1. The lowest BCUT2D eigenvalue weighted by atomic mass is 10.1. The van der Waals surface area contributed by atoms with Crippen molar-refractivity contribution < 1.29 is 21.6 Å². The Morgan fingerprint density at radius 2 is 1.88 bits per heavy atom. The Morgan fingerprint density at radius 3 is 2.56 bits per heavy atom. The van der Waals surface area contributed by atoms with Crippen molar-refractivity contribution in [3.63, 3.8) is 0 Å². The lowest BCUT2D eigenvalue weighted by Crippen LogP contribution is -2.49. The van der Waals surface area contributed by atoms with Crippen LogP contribution in [0.3, 0.4) is 0 Å². The molecule has 0 aromatic heterocycles. The number of hydrogen-bond acceptors (Lipinski definition) is 5. The molecule has 1 unspecified atom stereocenters. The van der Waals surface area contributed by atoms with Gasteiger partial charge < -0.3 is 4.74 Å². The summed E-state index contributed by atoms with van der Waals surface area (Å²) in [5.74, 6) is -0.259. The zero-order valence-electron chi connectivity index (χ0n) is 14.4. The average Bonchev–Trinajstić information content (AvgIpc) is 2.55. The number of benzene rings is 1. The molecule has 9 heteroatoms. The number of nitrogens with zero attached hydrogens (tertiary/aromatic N) is 1. The zero-order chi connectivity index (χ0) is 18.3. The molecule has 7 nitrogen and oxygen atoms in total. The van der Waals surface area contributed by atoms with Gasteiger partial charge in [-0.15, -0.1) is 0 Å². The summed E-state index contributed by atoms with van der Waals surface area (Å²) in [5, 5.41) is 0. The quantitative estimate of drug-likeness (QED) is 0.666. The SMILES string of the molecule is CC1COCCN1S(=O)(=O)CCNS(=O)(=O)CCCc1ccccc1. The molecule has 0 amide bonds. The molecule has 1 saturated heterocycles. The predicted octanol–water partition coefficient (Wildman–Crippen LogP) is 0.589. The van der Waals surface area contributed by atoms with E-state index in [0.717, 1.165) is 5.56 Å². The third-order valence-electron chi connectivity index (χ3n) is 4.07. The average molecular weight is 391 g/mol. The molecule has 1 aliphatic rings. The van der Waals surface area contributed by atoms with Crippen LogP contribution in [0.2, 0.25) is 0 Å². The van der Waals surface area contributed by atoms with Gasteiger partial charge in [-0.05, 0) is 25.3 Å². The van der Waals surface area contributed by atoms with Crippen molar-refractivity contribution in [1.82, 2.24) is 9.03 Å². The van der Waals surface area contributed by atoms with Crippen LogP contribution in [0.15, 0.2) is 30.3 Å². The van der Waals surface area contributed by atoms with Crippen molar-refractivity contribution in [2.45, 2.75) is 25.8 Å².